The molecule has 0 fully saturated rings. The maximum absolute atomic E-state index is 11.8. The van der Waals surface area contributed by atoms with E-state index in [-0.39, 0.29) is 18.3 Å². The summed E-state index contributed by atoms with van der Waals surface area (Å²) >= 11 is 0. The first-order chi connectivity index (χ1) is 8.58. The lowest BCUT2D eigenvalue weighted by molar-refractivity contribution is -0.117. The lowest BCUT2D eigenvalue weighted by Gasteiger charge is -2.14. The van der Waals surface area contributed by atoms with Gasteiger partial charge in [0.2, 0.25) is 5.91 Å². The van der Waals surface area contributed by atoms with Crippen molar-refractivity contribution in [2.24, 2.45) is 5.73 Å². The maximum atomic E-state index is 11.8. The van der Waals surface area contributed by atoms with Gasteiger partial charge >= 0.3 is 0 Å². The summed E-state index contributed by atoms with van der Waals surface area (Å²) < 4.78 is 5.40. The van der Waals surface area contributed by atoms with Crippen molar-refractivity contribution in [2.75, 3.05) is 11.9 Å². The first kappa shape index (κ1) is 17.7. The molecule has 0 bridgehead atoms. The quantitative estimate of drug-likeness (QED) is 0.845. The van der Waals surface area contributed by atoms with Crippen LogP contribution in [0, 0.1) is 6.92 Å². The van der Waals surface area contributed by atoms with Crippen LogP contribution in [0.2, 0.25) is 0 Å². The van der Waals surface area contributed by atoms with Crippen LogP contribution in [0.1, 0.15) is 32.3 Å². The van der Waals surface area contributed by atoms with Crippen molar-refractivity contribution in [1.29, 1.82) is 0 Å². The Morgan fingerprint density at radius 1 is 1.42 bits per heavy atom. The highest BCUT2D eigenvalue weighted by Gasteiger charge is 2.13. The molecular weight excluding hydrogens is 264 g/mol. The van der Waals surface area contributed by atoms with Gasteiger partial charge in [0.05, 0.1) is 12.6 Å². The predicted octanol–water partition coefficient (Wildman–Crippen LogP) is 2.88. The van der Waals surface area contributed by atoms with E-state index in [1.807, 2.05) is 39.0 Å². The second kappa shape index (κ2) is 8.77. The van der Waals surface area contributed by atoms with Gasteiger partial charge in [-0.1, -0.05) is 13.3 Å². The minimum Gasteiger partial charge on any atom is -0.494 e. The monoisotopic (exact) mass is 286 g/mol. The second-order valence-corrected chi connectivity index (χ2v) is 4.29. The Morgan fingerprint density at radius 2 is 2.11 bits per heavy atom. The number of carbonyl (C=O) groups excluding carboxylic acids is 1. The number of benzene rings is 1. The third-order valence-electron chi connectivity index (χ3n) is 2.70. The van der Waals surface area contributed by atoms with Crippen molar-refractivity contribution >= 4 is 24.0 Å². The fourth-order valence-electron chi connectivity index (χ4n) is 1.70. The number of halogens is 1. The fourth-order valence-corrected chi connectivity index (χ4v) is 1.70. The van der Waals surface area contributed by atoms with Gasteiger partial charge in [-0.05, 0) is 44.0 Å². The zero-order valence-corrected chi connectivity index (χ0v) is 12.5. The van der Waals surface area contributed by atoms with Crippen molar-refractivity contribution in [3.63, 3.8) is 0 Å². The predicted molar refractivity (Wildman–Crippen MR) is 81.1 cm³/mol. The lowest BCUT2D eigenvalue weighted by atomic mass is 10.1. The van der Waals surface area contributed by atoms with E-state index in [0.717, 1.165) is 23.4 Å². The molecule has 108 valence electrons. The van der Waals surface area contributed by atoms with Crippen molar-refractivity contribution in [3.8, 4) is 5.75 Å². The van der Waals surface area contributed by atoms with Crippen LogP contribution in [0.5, 0.6) is 5.75 Å². The van der Waals surface area contributed by atoms with Gasteiger partial charge in [0.1, 0.15) is 5.75 Å². The summed E-state index contributed by atoms with van der Waals surface area (Å²) in [7, 11) is 0. The molecule has 1 aromatic rings. The Balaban J connectivity index is 0.00000324. The molecule has 1 aromatic carbocycles. The van der Waals surface area contributed by atoms with E-state index < -0.39 is 6.04 Å². The van der Waals surface area contributed by atoms with Crippen molar-refractivity contribution < 1.29 is 9.53 Å². The van der Waals surface area contributed by atoms with Gasteiger partial charge in [-0.25, -0.2) is 0 Å². The summed E-state index contributed by atoms with van der Waals surface area (Å²) in [6.07, 6.45) is 1.60. The third-order valence-corrected chi connectivity index (χ3v) is 2.70. The summed E-state index contributed by atoms with van der Waals surface area (Å²) in [5.74, 6) is 0.676. The molecule has 1 amide bonds. The summed E-state index contributed by atoms with van der Waals surface area (Å²) in [6.45, 7) is 6.51. The standard InChI is InChI=1S/C14H22N2O2.ClH/c1-4-6-12(15)14(17)16-13-8-7-11(18-5-2)9-10(13)3;/h7-9,12H,4-6,15H2,1-3H3,(H,16,17);1H. The normalized spacial score (nSPS) is 11.4. The van der Waals surface area contributed by atoms with Gasteiger partial charge in [-0.15, -0.1) is 12.4 Å². The molecular formula is C14H23ClN2O2. The molecule has 0 heterocycles. The Bertz CT molecular complexity index is 410. The molecule has 3 N–H and O–H groups in total. The highest BCUT2D eigenvalue weighted by Crippen LogP contribution is 2.21. The number of hydrogen-bond acceptors (Lipinski definition) is 3. The van der Waals surface area contributed by atoms with Gasteiger partial charge in [0.25, 0.3) is 0 Å². The van der Waals surface area contributed by atoms with Crippen LogP contribution in [0.4, 0.5) is 5.69 Å². The molecule has 0 aliphatic rings. The molecule has 0 radical (unpaired) electrons. The number of hydrogen-bond donors (Lipinski definition) is 2. The summed E-state index contributed by atoms with van der Waals surface area (Å²) in [5, 5.41) is 2.84. The molecule has 0 aliphatic heterocycles. The third kappa shape index (κ3) is 5.49. The number of amides is 1. The topological polar surface area (TPSA) is 64.4 Å². The van der Waals surface area contributed by atoms with Gasteiger partial charge < -0.3 is 15.8 Å². The molecule has 1 rings (SSSR count). The molecule has 0 aliphatic carbocycles. The van der Waals surface area contributed by atoms with Gasteiger partial charge in [-0.2, -0.15) is 0 Å². The SMILES string of the molecule is CCCC(N)C(=O)Nc1ccc(OCC)cc1C.Cl. The molecule has 19 heavy (non-hydrogen) atoms. The number of rotatable bonds is 6. The molecule has 4 nitrogen and oxygen atoms in total. The minimum absolute atomic E-state index is 0. The molecule has 1 atom stereocenters. The largest absolute Gasteiger partial charge is 0.494 e. The molecule has 0 saturated carbocycles. The lowest BCUT2D eigenvalue weighted by Crippen LogP contribution is -2.35. The fraction of sp³-hybridized carbons (Fsp3) is 0.500. The van der Waals surface area contributed by atoms with Gasteiger partial charge in [0.15, 0.2) is 0 Å². The molecule has 0 spiro atoms. The maximum Gasteiger partial charge on any atom is 0.241 e. The number of nitrogens with one attached hydrogen (secondary N) is 1. The van der Waals surface area contributed by atoms with Crippen molar-refractivity contribution in [3.05, 3.63) is 23.8 Å². The number of nitrogens with two attached hydrogens (primary N) is 1. The molecule has 0 aromatic heterocycles. The van der Waals surface area contributed by atoms with Crippen molar-refractivity contribution in [2.45, 2.75) is 39.7 Å². The summed E-state index contributed by atoms with van der Waals surface area (Å²) in [4.78, 5) is 11.8. The number of carbonyl (C=O) groups is 1. The van der Waals surface area contributed by atoms with Crippen LogP contribution in [0.3, 0.4) is 0 Å². The van der Waals surface area contributed by atoms with E-state index >= 15 is 0 Å². The Kier molecular flexibility index (Phi) is 8.19. The Hall–Kier alpha value is -1.26. The number of ether oxygens (including phenoxy) is 1. The summed E-state index contributed by atoms with van der Waals surface area (Å²) in [6, 6.07) is 5.15. The van der Waals surface area contributed by atoms with E-state index in [2.05, 4.69) is 5.32 Å². The second-order valence-electron chi connectivity index (χ2n) is 4.29. The van der Waals surface area contributed by atoms with Gasteiger partial charge in [0, 0.05) is 5.69 Å². The van der Waals surface area contributed by atoms with E-state index in [4.69, 9.17) is 10.5 Å². The van der Waals surface area contributed by atoms with Gasteiger partial charge in [-0.3, -0.25) is 4.79 Å². The van der Waals surface area contributed by atoms with E-state index in [1.54, 1.807) is 0 Å². The smallest absolute Gasteiger partial charge is 0.241 e. The summed E-state index contributed by atoms with van der Waals surface area (Å²) in [5.41, 5.74) is 7.52. The minimum atomic E-state index is -0.444. The highest BCUT2D eigenvalue weighted by atomic mass is 35.5. The van der Waals surface area contributed by atoms with Crippen LogP contribution in [0.25, 0.3) is 0 Å². The molecule has 0 saturated heterocycles. The first-order valence-corrected chi connectivity index (χ1v) is 6.38. The van der Waals surface area contributed by atoms with Crippen LogP contribution >= 0.6 is 12.4 Å². The average molecular weight is 287 g/mol. The van der Waals surface area contributed by atoms with Crippen LogP contribution in [-0.4, -0.2) is 18.6 Å². The van der Waals surface area contributed by atoms with E-state index in [1.165, 1.54) is 0 Å². The van der Waals surface area contributed by atoms with E-state index in [0.29, 0.717) is 13.0 Å². The van der Waals surface area contributed by atoms with E-state index in [9.17, 15) is 4.79 Å². The average Bonchev–Trinajstić information content (AvgIpc) is 2.33. The van der Waals surface area contributed by atoms with Crippen molar-refractivity contribution in [1.82, 2.24) is 0 Å². The number of aryl methyl sites for hydroxylation is 1. The highest BCUT2D eigenvalue weighted by molar-refractivity contribution is 5.95. The Morgan fingerprint density at radius 3 is 2.63 bits per heavy atom. The number of anilines is 1. The molecule has 1 unspecified atom stereocenters. The Labute approximate surface area is 121 Å². The first-order valence-electron chi connectivity index (χ1n) is 6.38. The van der Waals surface area contributed by atoms with Crippen LogP contribution in [0.15, 0.2) is 18.2 Å². The van der Waals surface area contributed by atoms with Crippen LogP contribution < -0.4 is 15.8 Å². The zero-order valence-electron chi connectivity index (χ0n) is 11.7. The molecule has 5 heteroatoms. The van der Waals surface area contributed by atoms with Crippen LogP contribution in [-0.2, 0) is 4.79 Å². The zero-order chi connectivity index (χ0) is 13.5.